The highest BCUT2D eigenvalue weighted by Crippen LogP contribution is 2.22. The lowest BCUT2D eigenvalue weighted by Gasteiger charge is -2.07. The molecule has 0 spiro atoms. The van der Waals surface area contributed by atoms with Crippen molar-refractivity contribution in [2.45, 2.75) is 12.8 Å². The highest BCUT2D eigenvalue weighted by Gasteiger charge is 2.10. The average molecular weight is 253 g/mol. The van der Waals surface area contributed by atoms with Gasteiger partial charge in [-0.15, -0.1) is 0 Å². The summed E-state index contributed by atoms with van der Waals surface area (Å²) >= 11 is 0. The largest absolute Gasteiger partial charge is 0.493 e. The minimum atomic E-state index is -0.546. The summed E-state index contributed by atoms with van der Waals surface area (Å²) in [5.41, 5.74) is 0.0692. The van der Waals surface area contributed by atoms with E-state index >= 15 is 0 Å². The Morgan fingerprint density at radius 2 is 2.06 bits per heavy atom. The molecule has 0 fully saturated rings. The van der Waals surface area contributed by atoms with Crippen LogP contribution in [-0.2, 0) is 4.74 Å². The molecule has 1 rings (SSSR count). The molecule has 6 heteroatoms. The van der Waals surface area contributed by atoms with E-state index in [9.17, 15) is 14.9 Å². The van der Waals surface area contributed by atoms with Crippen LogP contribution in [0.4, 0.5) is 5.69 Å². The Balaban J connectivity index is 2.60. The van der Waals surface area contributed by atoms with E-state index in [4.69, 9.17) is 9.47 Å². The fourth-order valence-corrected chi connectivity index (χ4v) is 1.40. The molecular weight excluding hydrogens is 238 g/mol. The Morgan fingerprint density at radius 1 is 1.33 bits per heavy atom. The molecule has 98 valence electrons. The summed E-state index contributed by atoms with van der Waals surface area (Å²) in [6.07, 6.45) is 2.21. The summed E-state index contributed by atoms with van der Waals surface area (Å²) in [5, 5.41) is 10.5. The second kappa shape index (κ2) is 7.39. The van der Waals surface area contributed by atoms with E-state index in [1.807, 2.05) is 0 Å². The van der Waals surface area contributed by atoms with E-state index in [-0.39, 0.29) is 11.3 Å². The molecule has 0 radical (unpaired) electrons. The van der Waals surface area contributed by atoms with Crippen LogP contribution in [0.15, 0.2) is 18.2 Å². The summed E-state index contributed by atoms with van der Waals surface area (Å²) in [4.78, 5) is 20.8. The number of carbonyl (C=O) groups is 1. The zero-order chi connectivity index (χ0) is 13.4. The number of carbonyl (C=O) groups excluding carboxylic acids is 1. The first kappa shape index (κ1) is 14.1. The fraction of sp³-hybridized carbons (Fsp3) is 0.417. The third-order valence-corrected chi connectivity index (χ3v) is 2.33. The van der Waals surface area contributed by atoms with Gasteiger partial charge in [-0.2, -0.15) is 0 Å². The Labute approximate surface area is 105 Å². The molecule has 0 bridgehead atoms. The van der Waals surface area contributed by atoms with Crippen molar-refractivity contribution < 1.29 is 19.2 Å². The van der Waals surface area contributed by atoms with Crippen LogP contribution in [0.25, 0.3) is 0 Å². The van der Waals surface area contributed by atoms with Gasteiger partial charge < -0.3 is 9.47 Å². The second-order valence-electron chi connectivity index (χ2n) is 3.65. The number of unbranched alkanes of at least 4 members (excludes halogenated alkanes) is 1. The highest BCUT2D eigenvalue weighted by molar-refractivity contribution is 5.80. The van der Waals surface area contributed by atoms with Crippen molar-refractivity contribution in [2.75, 3.05) is 20.3 Å². The molecule has 0 amide bonds. The lowest BCUT2D eigenvalue weighted by Crippen LogP contribution is -2.02. The van der Waals surface area contributed by atoms with Crippen molar-refractivity contribution >= 4 is 12.0 Å². The first-order valence-electron chi connectivity index (χ1n) is 5.54. The van der Waals surface area contributed by atoms with Crippen LogP contribution in [0.1, 0.15) is 23.2 Å². The van der Waals surface area contributed by atoms with Crippen LogP contribution in [0.5, 0.6) is 5.75 Å². The number of nitro benzene ring substituents is 1. The summed E-state index contributed by atoms with van der Waals surface area (Å²) < 4.78 is 10.3. The van der Waals surface area contributed by atoms with Crippen molar-refractivity contribution in [1.82, 2.24) is 0 Å². The number of methoxy groups -OCH3 is 1. The molecule has 0 N–H and O–H groups in total. The number of aldehydes is 1. The number of nitrogens with zero attached hydrogens (tertiary/aromatic N) is 1. The predicted molar refractivity (Wildman–Crippen MR) is 65.1 cm³/mol. The number of hydrogen-bond acceptors (Lipinski definition) is 5. The van der Waals surface area contributed by atoms with E-state index in [2.05, 4.69) is 0 Å². The Hall–Kier alpha value is -1.95. The van der Waals surface area contributed by atoms with Gasteiger partial charge in [0.05, 0.1) is 17.1 Å². The topological polar surface area (TPSA) is 78.7 Å². The first-order valence-corrected chi connectivity index (χ1v) is 5.54. The Bertz CT molecular complexity index is 419. The zero-order valence-electron chi connectivity index (χ0n) is 10.1. The van der Waals surface area contributed by atoms with Crippen LogP contribution in [0, 0.1) is 10.1 Å². The number of non-ortho nitro benzene ring substituents is 1. The summed E-state index contributed by atoms with van der Waals surface area (Å²) in [6.45, 7) is 1.10. The molecule has 0 aliphatic heterocycles. The molecule has 6 nitrogen and oxygen atoms in total. The van der Waals surface area contributed by atoms with Gasteiger partial charge >= 0.3 is 0 Å². The van der Waals surface area contributed by atoms with Crippen molar-refractivity contribution in [3.8, 4) is 5.75 Å². The fourth-order valence-electron chi connectivity index (χ4n) is 1.40. The minimum absolute atomic E-state index is 0.121. The smallest absolute Gasteiger partial charge is 0.270 e. The highest BCUT2D eigenvalue weighted by atomic mass is 16.6. The molecule has 0 unspecified atom stereocenters. The molecule has 1 aromatic carbocycles. The third-order valence-electron chi connectivity index (χ3n) is 2.33. The van der Waals surface area contributed by atoms with E-state index in [0.717, 1.165) is 12.8 Å². The second-order valence-corrected chi connectivity index (χ2v) is 3.65. The number of rotatable bonds is 8. The summed E-state index contributed by atoms with van der Waals surface area (Å²) in [5.74, 6) is 0.369. The SMILES string of the molecule is COCCCCOc1ccc([N+](=O)[O-])cc1C=O. The molecule has 0 aliphatic carbocycles. The molecule has 0 atom stereocenters. The lowest BCUT2D eigenvalue weighted by molar-refractivity contribution is -0.384. The average Bonchev–Trinajstić information content (AvgIpc) is 2.38. The van der Waals surface area contributed by atoms with Gasteiger partial charge in [-0.05, 0) is 18.9 Å². The third kappa shape index (κ3) is 4.14. The van der Waals surface area contributed by atoms with Crippen molar-refractivity contribution in [3.05, 3.63) is 33.9 Å². The van der Waals surface area contributed by atoms with Crippen LogP contribution in [0.2, 0.25) is 0 Å². The Morgan fingerprint density at radius 3 is 2.67 bits per heavy atom. The van der Waals surface area contributed by atoms with Crippen LogP contribution in [-0.4, -0.2) is 31.5 Å². The number of hydrogen-bond donors (Lipinski definition) is 0. The van der Waals surface area contributed by atoms with Gasteiger partial charge in [0, 0.05) is 25.8 Å². The monoisotopic (exact) mass is 253 g/mol. The van der Waals surface area contributed by atoms with Gasteiger partial charge in [-0.25, -0.2) is 0 Å². The first-order chi connectivity index (χ1) is 8.69. The lowest BCUT2D eigenvalue weighted by atomic mass is 10.2. The van der Waals surface area contributed by atoms with E-state index < -0.39 is 4.92 Å². The molecule has 1 aromatic rings. The minimum Gasteiger partial charge on any atom is -0.493 e. The molecular formula is C12H15NO5. The Kier molecular flexibility index (Phi) is 5.79. The predicted octanol–water partition coefficient (Wildman–Crippen LogP) is 2.21. The van der Waals surface area contributed by atoms with Crippen molar-refractivity contribution in [1.29, 1.82) is 0 Å². The van der Waals surface area contributed by atoms with Gasteiger partial charge in [0.1, 0.15) is 5.75 Å². The van der Waals surface area contributed by atoms with Crippen molar-refractivity contribution in [2.24, 2.45) is 0 Å². The molecule has 0 aliphatic rings. The van der Waals surface area contributed by atoms with E-state index in [0.29, 0.717) is 25.2 Å². The van der Waals surface area contributed by atoms with Gasteiger partial charge in [0.2, 0.25) is 0 Å². The molecule has 0 aromatic heterocycles. The van der Waals surface area contributed by atoms with E-state index in [1.165, 1.54) is 18.2 Å². The maximum atomic E-state index is 10.8. The van der Waals surface area contributed by atoms with Gasteiger partial charge in [0.25, 0.3) is 5.69 Å². The van der Waals surface area contributed by atoms with Crippen LogP contribution < -0.4 is 4.74 Å². The van der Waals surface area contributed by atoms with Gasteiger partial charge in [-0.3, -0.25) is 14.9 Å². The molecule has 0 saturated carbocycles. The summed E-state index contributed by atoms with van der Waals surface area (Å²) in [7, 11) is 1.63. The normalized spacial score (nSPS) is 10.1. The molecule has 0 heterocycles. The van der Waals surface area contributed by atoms with Crippen molar-refractivity contribution in [3.63, 3.8) is 0 Å². The van der Waals surface area contributed by atoms with Crippen LogP contribution in [0.3, 0.4) is 0 Å². The molecule has 0 saturated heterocycles. The number of benzene rings is 1. The maximum absolute atomic E-state index is 10.8. The summed E-state index contributed by atoms with van der Waals surface area (Å²) in [6, 6.07) is 3.97. The molecule has 18 heavy (non-hydrogen) atoms. The number of nitro groups is 1. The zero-order valence-corrected chi connectivity index (χ0v) is 10.1. The van der Waals surface area contributed by atoms with Gasteiger partial charge in [-0.1, -0.05) is 0 Å². The maximum Gasteiger partial charge on any atom is 0.270 e. The van der Waals surface area contributed by atoms with Crippen LogP contribution >= 0.6 is 0 Å². The standard InChI is InChI=1S/C12H15NO5/c1-17-6-2-3-7-18-12-5-4-11(13(15)16)8-10(12)9-14/h4-5,8-9H,2-3,6-7H2,1H3. The van der Waals surface area contributed by atoms with E-state index in [1.54, 1.807) is 7.11 Å². The number of ether oxygens (including phenoxy) is 2. The quantitative estimate of drug-likeness (QED) is 0.307. The van der Waals surface area contributed by atoms with Gasteiger partial charge in [0.15, 0.2) is 6.29 Å².